The van der Waals surface area contributed by atoms with Crippen LogP contribution < -0.4 is 0 Å². The Morgan fingerprint density at radius 1 is 1.09 bits per heavy atom. The minimum Gasteiger partial charge on any atom is -0.478 e. The van der Waals surface area contributed by atoms with Crippen LogP contribution in [0.15, 0.2) is 54.9 Å². The van der Waals surface area contributed by atoms with E-state index in [9.17, 15) is 4.79 Å². The summed E-state index contributed by atoms with van der Waals surface area (Å²) in [5.41, 5.74) is 2.84. The molecule has 0 saturated heterocycles. The van der Waals surface area contributed by atoms with E-state index in [4.69, 9.17) is 5.11 Å². The van der Waals surface area contributed by atoms with Crippen molar-refractivity contribution in [2.24, 2.45) is 0 Å². The smallest absolute Gasteiger partial charge is 0.328 e. The zero-order valence-corrected chi connectivity index (χ0v) is 12.4. The number of benzene rings is 1. The Hall–Kier alpha value is -3.28. The summed E-state index contributed by atoms with van der Waals surface area (Å²) in [6, 6.07) is 11.5. The molecule has 1 N–H and O–H groups in total. The van der Waals surface area contributed by atoms with Crippen LogP contribution in [0.5, 0.6) is 0 Å². The van der Waals surface area contributed by atoms with Gasteiger partial charge in [0.25, 0.3) is 0 Å². The van der Waals surface area contributed by atoms with Crippen molar-refractivity contribution in [1.29, 1.82) is 0 Å². The van der Waals surface area contributed by atoms with Gasteiger partial charge in [-0.2, -0.15) is 0 Å². The quantitative estimate of drug-likeness (QED) is 0.750. The van der Waals surface area contributed by atoms with Gasteiger partial charge in [-0.05, 0) is 37.3 Å². The molecule has 6 nitrogen and oxygen atoms in total. The molecule has 0 amide bonds. The second kappa shape index (κ2) is 6.23. The summed E-state index contributed by atoms with van der Waals surface area (Å²) in [5, 5.41) is 17.2. The third kappa shape index (κ3) is 3.16. The zero-order valence-electron chi connectivity index (χ0n) is 12.4. The lowest BCUT2D eigenvalue weighted by atomic mass is 10.2. The molecule has 6 heteroatoms. The van der Waals surface area contributed by atoms with Crippen molar-refractivity contribution in [3.8, 4) is 17.1 Å². The lowest BCUT2D eigenvalue weighted by Crippen LogP contribution is -2.00. The third-order valence-corrected chi connectivity index (χ3v) is 3.29. The maximum absolute atomic E-state index is 10.8. The van der Waals surface area contributed by atoms with Gasteiger partial charge in [-0.15, -0.1) is 10.2 Å². The van der Waals surface area contributed by atoms with Gasteiger partial charge in [-0.25, -0.2) is 4.79 Å². The third-order valence-electron chi connectivity index (χ3n) is 3.29. The zero-order chi connectivity index (χ0) is 16.2. The molecule has 0 saturated carbocycles. The maximum Gasteiger partial charge on any atom is 0.328 e. The molecule has 23 heavy (non-hydrogen) atoms. The van der Waals surface area contributed by atoms with E-state index < -0.39 is 5.97 Å². The number of nitrogens with zero attached hydrogens (tertiary/aromatic N) is 4. The van der Waals surface area contributed by atoms with Gasteiger partial charge in [0.05, 0.1) is 0 Å². The normalized spacial score (nSPS) is 11.0. The molecule has 0 bridgehead atoms. The van der Waals surface area contributed by atoms with Crippen LogP contribution in [-0.4, -0.2) is 30.8 Å². The van der Waals surface area contributed by atoms with E-state index in [0.717, 1.165) is 22.9 Å². The van der Waals surface area contributed by atoms with Gasteiger partial charge in [-0.3, -0.25) is 9.55 Å². The highest BCUT2D eigenvalue weighted by Crippen LogP contribution is 2.23. The Balaban J connectivity index is 2.17. The molecular formula is C17H14N4O2. The number of aryl methyl sites for hydroxylation is 1. The minimum absolute atomic E-state index is 0.447. The van der Waals surface area contributed by atoms with Crippen LogP contribution in [0.4, 0.5) is 0 Å². The van der Waals surface area contributed by atoms with Gasteiger partial charge in [0.1, 0.15) is 0 Å². The lowest BCUT2D eigenvalue weighted by Gasteiger charge is -2.09. The van der Waals surface area contributed by atoms with E-state index >= 15 is 0 Å². The van der Waals surface area contributed by atoms with Crippen molar-refractivity contribution in [1.82, 2.24) is 19.7 Å². The molecule has 2 aromatic heterocycles. The molecular weight excluding hydrogens is 292 g/mol. The first-order valence-corrected chi connectivity index (χ1v) is 6.99. The predicted octanol–water partition coefficient (Wildman–Crippen LogP) is 2.74. The highest BCUT2D eigenvalue weighted by molar-refractivity contribution is 5.84. The minimum atomic E-state index is -1.03. The van der Waals surface area contributed by atoms with Gasteiger partial charge in [0, 0.05) is 29.7 Å². The van der Waals surface area contributed by atoms with Crippen molar-refractivity contribution < 1.29 is 9.90 Å². The number of aromatic nitrogens is 4. The Kier molecular flexibility index (Phi) is 3.97. The van der Waals surface area contributed by atoms with E-state index in [2.05, 4.69) is 15.2 Å². The van der Waals surface area contributed by atoms with E-state index in [0.29, 0.717) is 11.6 Å². The Bertz CT molecular complexity index is 852. The summed E-state index contributed by atoms with van der Waals surface area (Å²) in [4.78, 5) is 14.8. The van der Waals surface area contributed by atoms with Crippen LogP contribution in [-0.2, 0) is 4.79 Å². The summed E-state index contributed by atoms with van der Waals surface area (Å²) >= 11 is 0. The van der Waals surface area contributed by atoms with Crippen molar-refractivity contribution in [2.75, 3.05) is 0 Å². The first-order valence-electron chi connectivity index (χ1n) is 6.99. The molecule has 3 rings (SSSR count). The van der Waals surface area contributed by atoms with Gasteiger partial charge >= 0.3 is 5.97 Å². The number of carboxylic acid groups (broad SMARTS) is 1. The second-order valence-corrected chi connectivity index (χ2v) is 4.96. The molecule has 0 aliphatic heterocycles. The molecule has 0 radical (unpaired) electrons. The van der Waals surface area contributed by atoms with E-state index in [1.165, 1.54) is 6.08 Å². The summed E-state index contributed by atoms with van der Waals surface area (Å²) < 4.78 is 1.81. The molecule has 114 valence electrons. The summed E-state index contributed by atoms with van der Waals surface area (Å²) in [7, 11) is 0. The number of rotatable bonds is 4. The van der Waals surface area contributed by atoms with Gasteiger partial charge in [0.2, 0.25) is 0 Å². The number of hydrogen-bond donors (Lipinski definition) is 1. The largest absolute Gasteiger partial charge is 0.478 e. The standard InChI is InChI=1S/C17H14N4O2/c1-12-2-4-14(5-3-12)21-15(6-7-16(22)23)19-20-17(21)13-8-10-18-11-9-13/h2-11H,1H3,(H,22,23)/b7-6+. The average Bonchev–Trinajstić information content (AvgIpc) is 2.98. The second-order valence-electron chi connectivity index (χ2n) is 4.96. The maximum atomic E-state index is 10.8. The highest BCUT2D eigenvalue weighted by atomic mass is 16.4. The van der Waals surface area contributed by atoms with Crippen molar-refractivity contribution in [2.45, 2.75) is 6.92 Å². The van der Waals surface area contributed by atoms with Crippen LogP contribution in [0, 0.1) is 6.92 Å². The molecule has 0 unspecified atom stereocenters. The Morgan fingerprint density at radius 3 is 2.43 bits per heavy atom. The van der Waals surface area contributed by atoms with Crippen molar-refractivity contribution >= 4 is 12.0 Å². The molecule has 0 aliphatic rings. The average molecular weight is 306 g/mol. The molecule has 0 spiro atoms. The van der Waals surface area contributed by atoms with Crippen molar-refractivity contribution in [3.63, 3.8) is 0 Å². The van der Waals surface area contributed by atoms with E-state index in [1.807, 2.05) is 47.9 Å². The lowest BCUT2D eigenvalue weighted by molar-refractivity contribution is -0.131. The fourth-order valence-corrected chi connectivity index (χ4v) is 2.19. The van der Waals surface area contributed by atoms with Gasteiger partial charge < -0.3 is 5.11 Å². The van der Waals surface area contributed by atoms with Crippen LogP contribution in [0.2, 0.25) is 0 Å². The number of hydrogen-bond acceptors (Lipinski definition) is 4. The molecule has 0 aliphatic carbocycles. The van der Waals surface area contributed by atoms with Gasteiger partial charge in [-0.1, -0.05) is 17.7 Å². The molecule has 1 aromatic carbocycles. The Morgan fingerprint density at radius 2 is 1.78 bits per heavy atom. The summed E-state index contributed by atoms with van der Waals surface area (Å²) in [5.74, 6) is 0.0401. The molecule has 3 aromatic rings. The Labute approximate surface area is 132 Å². The molecule has 0 fully saturated rings. The van der Waals surface area contributed by atoms with Crippen LogP contribution in [0.3, 0.4) is 0 Å². The number of carbonyl (C=O) groups is 1. The van der Waals surface area contributed by atoms with E-state index in [-0.39, 0.29) is 0 Å². The number of pyridine rings is 1. The fraction of sp³-hybridized carbons (Fsp3) is 0.0588. The van der Waals surface area contributed by atoms with Crippen molar-refractivity contribution in [3.05, 3.63) is 66.3 Å². The predicted molar refractivity (Wildman–Crippen MR) is 86.0 cm³/mol. The number of aliphatic carboxylic acids is 1. The number of carboxylic acids is 1. The monoisotopic (exact) mass is 306 g/mol. The first-order chi connectivity index (χ1) is 11.1. The summed E-state index contributed by atoms with van der Waals surface area (Å²) in [6.45, 7) is 2.00. The van der Waals surface area contributed by atoms with Crippen LogP contribution >= 0.6 is 0 Å². The van der Waals surface area contributed by atoms with Crippen LogP contribution in [0.1, 0.15) is 11.4 Å². The highest BCUT2D eigenvalue weighted by Gasteiger charge is 2.14. The SMILES string of the molecule is Cc1ccc(-n2c(/C=C/C(=O)O)nnc2-c2ccncc2)cc1. The molecule has 2 heterocycles. The first kappa shape index (κ1) is 14.6. The molecule has 0 atom stereocenters. The topological polar surface area (TPSA) is 80.9 Å². The van der Waals surface area contributed by atoms with Crippen LogP contribution in [0.25, 0.3) is 23.2 Å². The van der Waals surface area contributed by atoms with E-state index in [1.54, 1.807) is 12.4 Å². The van der Waals surface area contributed by atoms with Gasteiger partial charge in [0.15, 0.2) is 11.6 Å². The fourth-order valence-electron chi connectivity index (χ4n) is 2.19. The summed E-state index contributed by atoms with van der Waals surface area (Å²) in [6.07, 6.45) is 5.83.